The molecule has 122 valence electrons. The van der Waals surface area contributed by atoms with Crippen LogP contribution in [0.25, 0.3) is 0 Å². The Bertz CT molecular complexity index is 367. The normalized spacial score (nSPS) is 23.6. The number of carbonyl (C=O) groups excluding carboxylic acids is 1. The van der Waals surface area contributed by atoms with Gasteiger partial charge in [-0.25, -0.2) is 4.79 Å². The van der Waals surface area contributed by atoms with Crippen LogP contribution in [0.1, 0.15) is 47.0 Å². The molecule has 0 unspecified atom stereocenters. The standard InChI is InChI=1S/C14H26N2O5/c1-10-8-11(15-13(19)20-14(2,3)4)21-16(9-10)7-5-6-12(17)18/h10-11H,5-9H2,1-4H3,(H,15,19)(H,17,18)/t10-,11+/m1/s1. The molecule has 2 atom stereocenters. The van der Waals surface area contributed by atoms with Crippen LogP contribution in [0.4, 0.5) is 4.79 Å². The Kier molecular flexibility index (Phi) is 6.42. The van der Waals surface area contributed by atoms with Gasteiger partial charge in [0, 0.05) is 19.5 Å². The number of aliphatic carboxylic acids is 1. The number of hydrogen-bond acceptors (Lipinski definition) is 5. The van der Waals surface area contributed by atoms with Crippen LogP contribution >= 0.6 is 0 Å². The van der Waals surface area contributed by atoms with E-state index in [9.17, 15) is 9.59 Å². The van der Waals surface area contributed by atoms with Crippen LogP contribution in [-0.2, 0) is 14.4 Å². The molecular formula is C14H26N2O5. The van der Waals surface area contributed by atoms with Crippen molar-refractivity contribution in [2.75, 3.05) is 13.1 Å². The first-order valence-corrected chi connectivity index (χ1v) is 7.29. The Morgan fingerprint density at radius 2 is 2.10 bits per heavy atom. The number of ether oxygens (including phenoxy) is 1. The third kappa shape index (κ3) is 7.87. The lowest BCUT2D eigenvalue weighted by Crippen LogP contribution is -2.49. The first kappa shape index (κ1) is 17.7. The number of nitrogens with one attached hydrogen (secondary N) is 1. The molecule has 0 aliphatic carbocycles. The van der Waals surface area contributed by atoms with E-state index < -0.39 is 23.9 Å². The molecule has 0 bridgehead atoms. The molecule has 2 N–H and O–H groups in total. The minimum atomic E-state index is -0.816. The first-order valence-electron chi connectivity index (χ1n) is 7.29. The molecule has 1 rings (SSSR count). The predicted octanol–water partition coefficient (Wildman–Crippen LogP) is 1.98. The summed E-state index contributed by atoms with van der Waals surface area (Å²) in [6.45, 7) is 8.73. The molecule has 0 aromatic carbocycles. The number of nitrogens with zero attached hydrogens (tertiary/aromatic N) is 1. The molecule has 1 aliphatic rings. The lowest BCUT2D eigenvalue weighted by atomic mass is 10.1. The third-order valence-electron chi connectivity index (χ3n) is 2.88. The van der Waals surface area contributed by atoms with E-state index in [1.807, 2.05) is 0 Å². The van der Waals surface area contributed by atoms with Gasteiger partial charge in [0.1, 0.15) is 5.60 Å². The fourth-order valence-electron chi connectivity index (χ4n) is 2.13. The van der Waals surface area contributed by atoms with Crippen molar-refractivity contribution in [3.05, 3.63) is 0 Å². The fraction of sp³-hybridized carbons (Fsp3) is 0.857. The lowest BCUT2D eigenvalue weighted by molar-refractivity contribution is -0.240. The number of hydroxylamine groups is 2. The van der Waals surface area contributed by atoms with Gasteiger partial charge in [-0.15, -0.1) is 0 Å². The number of amides is 1. The second-order valence-electron chi connectivity index (χ2n) is 6.47. The van der Waals surface area contributed by atoms with Gasteiger partial charge in [-0.05, 0) is 39.5 Å². The zero-order valence-electron chi connectivity index (χ0n) is 13.2. The van der Waals surface area contributed by atoms with Crippen LogP contribution < -0.4 is 5.32 Å². The summed E-state index contributed by atoms with van der Waals surface area (Å²) >= 11 is 0. The van der Waals surface area contributed by atoms with Gasteiger partial charge in [-0.3, -0.25) is 14.9 Å². The molecule has 1 fully saturated rings. The topological polar surface area (TPSA) is 88.1 Å². The van der Waals surface area contributed by atoms with E-state index in [1.165, 1.54) is 0 Å². The summed E-state index contributed by atoms with van der Waals surface area (Å²) in [5, 5.41) is 13.1. The molecule has 0 aromatic heterocycles. The van der Waals surface area contributed by atoms with Gasteiger partial charge >= 0.3 is 12.1 Å². The van der Waals surface area contributed by atoms with Crippen molar-refractivity contribution in [1.29, 1.82) is 0 Å². The molecular weight excluding hydrogens is 276 g/mol. The number of alkyl carbamates (subject to hydrolysis) is 1. The highest BCUT2D eigenvalue weighted by molar-refractivity contribution is 5.67. The number of carbonyl (C=O) groups is 2. The molecule has 0 saturated carbocycles. The Morgan fingerprint density at radius 1 is 1.43 bits per heavy atom. The van der Waals surface area contributed by atoms with Gasteiger partial charge in [0.05, 0.1) is 0 Å². The summed E-state index contributed by atoms with van der Waals surface area (Å²) in [6, 6.07) is 0. The Labute approximate surface area is 125 Å². The van der Waals surface area contributed by atoms with Crippen molar-refractivity contribution in [3.63, 3.8) is 0 Å². The number of hydrogen-bond donors (Lipinski definition) is 2. The highest BCUT2D eigenvalue weighted by atomic mass is 16.7. The number of rotatable bonds is 5. The molecule has 1 amide bonds. The molecule has 1 aliphatic heterocycles. The molecule has 0 radical (unpaired) electrons. The minimum Gasteiger partial charge on any atom is -0.481 e. The maximum Gasteiger partial charge on any atom is 0.409 e. The number of carboxylic acid groups (broad SMARTS) is 1. The molecule has 1 saturated heterocycles. The maximum absolute atomic E-state index is 11.7. The minimum absolute atomic E-state index is 0.110. The van der Waals surface area contributed by atoms with Gasteiger partial charge in [0.2, 0.25) is 0 Å². The van der Waals surface area contributed by atoms with E-state index in [0.29, 0.717) is 25.3 Å². The first-order chi connectivity index (χ1) is 9.65. The summed E-state index contributed by atoms with van der Waals surface area (Å²) < 4.78 is 5.20. The van der Waals surface area contributed by atoms with Gasteiger partial charge < -0.3 is 9.84 Å². The van der Waals surface area contributed by atoms with E-state index in [-0.39, 0.29) is 6.42 Å². The van der Waals surface area contributed by atoms with Crippen LogP contribution in [0, 0.1) is 5.92 Å². The van der Waals surface area contributed by atoms with Crippen molar-refractivity contribution >= 4 is 12.1 Å². The second-order valence-corrected chi connectivity index (χ2v) is 6.47. The summed E-state index contributed by atoms with van der Waals surface area (Å²) in [7, 11) is 0. The fourth-order valence-corrected chi connectivity index (χ4v) is 2.13. The van der Waals surface area contributed by atoms with Gasteiger partial charge in [0.25, 0.3) is 0 Å². The van der Waals surface area contributed by atoms with Crippen LogP contribution in [0.15, 0.2) is 0 Å². The van der Waals surface area contributed by atoms with Crippen LogP contribution in [0.2, 0.25) is 0 Å². The number of carboxylic acids is 1. The van der Waals surface area contributed by atoms with E-state index in [4.69, 9.17) is 14.7 Å². The summed E-state index contributed by atoms with van der Waals surface area (Å²) in [4.78, 5) is 27.9. The van der Waals surface area contributed by atoms with Crippen LogP contribution in [-0.4, -0.2) is 47.2 Å². The Morgan fingerprint density at radius 3 is 2.67 bits per heavy atom. The quantitative estimate of drug-likeness (QED) is 0.807. The molecule has 0 spiro atoms. The summed E-state index contributed by atoms with van der Waals surface area (Å²) in [5.41, 5.74) is -0.550. The average molecular weight is 302 g/mol. The largest absolute Gasteiger partial charge is 0.481 e. The molecule has 21 heavy (non-hydrogen) atoms. The molecule has 0 aromatic rings. The van der Waals surface area contributed by atoms with Crippen molar-refractivity contribution in [2.24, 2.45) is 5.92 Å². The average Bonchev–Trinajstić information content (AvgIpc) is 2.24. The predicted molar refractivity (Wildman–Crippen MR) is 76.5 cm³/mol. The van der Waals surface area contributed by atoms with E-state index in [2.05, 4.69) is 12.2 Å². The lowest BCUT2D eigenvalue weighted by Gasteiger charge is -2.36. The van der Waals surface area contributed by atoms with Gasteiger partial charge in [-0.2, -0.15) is 5.06 Å². The molecule has 7 nitrogen and oxygen atoms in total. The Balaban J connectivity index is 2.40. The summed E-state index contributed by atoms with van der Waals surface area (Å²) in [5.74, 6) is -0.466. The zero-order valence-corrected chi connectivity index (χ0v) is 13.2. The highest BCUT2D eigenvalue weighted by Gasteiger charge is 2.28. The van der Waals surface area contributed by atoms with Crippen molar-refractivity contribution in [3.8, 4) is 0 Å². The zero-order chi connectivity index (χ0) is 16.0. The van der Waals surface area contributed by atoms with Crippen LogP contribution in [0.3, 0.4) is 0 Å². The second kappa shape index (κ2) is 7.61. The van der Waals surface area contributed by atoms with E-state index in [0.717, 1.165) is 6.54 Å². The molecule has 7 heteroatoms. The van der Waals surface area contributed by atoms with Crippen LogP contribution in [0.5, 0.6) is 0 Å². The maximum atomic E-state index is 11.7. The van der Waals surface area contributed by atoms with E-state index >= 15 is 0 Å². The van der Waals surface area contributed by atoms with Crippen molar-refractivity contribution < 1.29 is 24.3 Å². The van der Waals surface area contributed by atoms with Crippen molar-refractivity contribution in [1.82, 2.24) is 10.4 Å². The summed E-state index contributed by atoms with van der Waals surface area (Å²) in [6.07, 6.45) is 0.384. The monoisotopic (exact) mass is 302 g/mol. The Hall–Kier alpha value is -1.34. The van der Waals surface area contributed by atoms with Gasteiger partial charge in [0.15, 0.2) is 6.23 Å². The van der Waals surface area contributed by atoms with E-state index in [1.54, 1.807) is 25.8 Å². The smallest absolute Gasteiger partial charge is 0.409 e. The highest BCUT2D eigenvalue weighted by Crippen LogP contribution is 2.19. The van der Waals surface area contributed by atoms with Crippen molar-refractivity contribution in [2.45, 2.75) is 58.8 Å². The SMILES string of the molecule is C[C@@H]1C[C@@H](NC(=O)OC(C)(C)C)ON(CCCC(=O)O)C1. The van der Waals surface area contributed by atoms with Gasteiger partial charge in [-0.1, -0.05) is 6.92 Å². The molecule has 1 heterocycles. The third-order valence-corrected chi connectivity index (χ3v) is 2.88.